The van der Waals surface area contributed by atoms with Gasteiger partial charge in [0.05, 0.1) is 12.4 Å². The maximum absolute atomic E-state index is 11.8. The molecule has 0 spiro atoms. The highest BCUT2D eigenvalue weighted by Gasteiger charge is 2.43. The quantitative estimate of drug-likeness (QED) is 0.683. The highest BCUT2D eigenvalue weighted by Crippen LogP contribution is 2.34. The minimum Gasteiger partial charge on any atom is -0.363 e. The molecule has 0 saturated carbocycles. The lowest BCUT2D eigenvalue weighted by Gasteiger charge is -2.32. The van der Waals surface area contributed by atoms with Crippen molar-refractivity contribution in [3.8, 4) is 0 Å². The van der Waals surface area contributed by atoms with E-state index >= 15 is 0 Å². The molecule has 0 bridgehead atoms. The van der Waals surface area contributed by atoms with Crippen LogP contribution in [0.5, 0.6) is 0 Å². The van der Waals surface area contributed by atoms with Gasteiger partial charge in [-0.05, 0) is 18.8 Å². The van der Waals surface area contributed by atoms with Crippen molar-refractivity contribution in [2.45, 2.75) is 25.0 Å². The zero-order valence-corrected chi connectivity index (χ0v) is 11.8. The van der Waals surface area contributed by atoms with Gasteiger partial charge in [-0.15, -0.1) is 0 Å². The van der Waals surface area contributed by atoms with E-state index in [9.17, 15) is 13.2 Å². The predicted octanol–water partition coefficient (Wildman–Crippen LogP) is -0.486. The standard InChI is InChI=1S/C11H20N2O4S/c1-12(2)11(14)9-6-8-4-5-13(18(3,15)16)7-10(8)17-9/h8-10H,4-7H2,1-3H3/t8-,9-,10+/m0/s1. The summed E-state index contributed by atoms with van der Waals surface area (Å²) in [7, 11) is 0.249. The Morgan fingerprint density at radius 1 is 1.39 bits per heavy atom. The molecule has 104 valence electrons. The van der Waals surface area contributed by atoms with E-state index in [2.05, 4.69) is 0 Å². The summed E-state index contributed by atoms with van der Waals surface area (Å²) in [5, 5.41) is 0. The molecule has 18 heavy (non-hydrogen) atoms. The molecule has 2 rings (SSSR count). The minimum absolute atomic E-state index is 0.0321. The lowest BCUT2D eigenvalue weighted by molar-refractivity contribution is -0.140. The van der Waals surface area contributed by atoms with Gasteiger partial charge in [0.25, 0.3) is 5.91 Å². The topological polar surface area (TPSA) is 66.9 Å². The normalized spacial score (nSPS) is 33.2. The number of rotatable bonds is 2. The molecule has 0 aromatic rings. The third-order valence-corrected chi connectivity index (χ3v) is 4.97. The van der Waals surface area contributed by atoms with Gasteiger partial charge >= 0.3 is 0 Å². The van der Waals surface area contributed by atoms with Gasteiger partial charge < -0.3 is 9.64 Å². The second-order valence-corrected chi connectivity index (χ2v) is 7.28. The van der Waals surface area contributed by atoms with Crippen molar-refractivity contribution in [2.75, 3.05) is 33.4 Å². The van der Waals surface area contributed by atoms with Crippen molar-refractivity contribution >= 4 is 15.9 Å². The number of carbonyl (C=O) groups excluding carboxylic acids is 1. The SMILES string of the molecule is CN(C)C(=O)[C@@H]1C[C@@H]2CCN(S(C)(=O)=O)C[C@H]2O1. The van der Waals surface area contributed by atoms with Crippen molar-refractivity contribution in [3.05, 3.63) is 0 Å². The summed E-state index contributed by atoms with van der Waals surface area (Å²) in [6.45, 7) is 0.910. The molecular weight excluding hydrogens is 256 g/mol. The van der Waals surface area contributed by atoms with Crippen molar-refractivity contribution in [1.29, 1.82) is 0 Å². The van der Waals surface area contributed by atoms with Gasteiger partial charge in [0.2, 0.25) is 10.0 Å². The van der Waals surface area contributed by atoms with Crippen LogP contribution in [0.15, 0.2) is 0 Å². The molecular formula is C11H20N2O4S. The molecule has 0 aromatic carbocycles. The van der Waals surface area contributed by atoms with Crippen molar-refractivity contribution in [3.63, 3.8) is 0 Å². The van der Waals surface area contributed by atoms with E-state index in [0.717, 1.165) is 6.42 Å². The van der Waals surface area contributed by atoms with Gasteiger partial charge in [0.15, 0.2) is 0 Å². The average molecular weight is 276 g/mol. The highest BCUT2D eigenvalue weighted by molar-refractivity contribution is 7.88. The lowest BCUT2D eigenvalue weighted by atomic mass is 9.93. The van der Waals surface area contributed by atoms with Crippen LogP contribution in [0.25, 0.3) is 0 Å². The predicted molar refractivity (Wildman–Crippen MR) is 66.5 cm³/mol. The Bertz CT molecular complexity index is 434. The Labute approximate surface area is 108 Å². The van der Waals surface area contributed by atoms with Gasteiger partial charge in [-0.1, -0.05) is 0 Å². The van der Waals surface area contributed by atoms with Gasteiger partial charge in [-0.25, -0.2) is 8.42 Å². The van der Waals surface area contributed by atoms with Gasteiger partial charge in [-0.2, -0.15) is 4.31 Å². The largest absolute Gasteiger partial charge is 0.363 e. The van der Waals surface area contributed by atoms with E-state index in [1.54, 1.807) is 14.1 Å². The van der Waals surface area contributed by atoms with Crippen LogP contribution in [-0.4, -0.2) is 69.2 Å². The van der Waals surface area contributed by atoms with Gasteiger partial charge in [-0.3, -0.25) is 4.79 Å². The minimum atomic E-state index is -3.16. The molecule has 0 aliphatic carbocycles. The summed E-state index contributed by atoms with van der Waals surface area (Å²) in [5.41, 5.74) is 0. The number of hydrogen-bond acceptors (Lipinski definition) is 4. The summed E-state index contributed by atoms with van der Waals surface area (Å²) < 4.78 is 30.1. The molecule has 3 atom stereocenters. The fourth-order valence-electron chi connectivity index (χ4n) is 2.65. The van der Waals surface area contributed by atoms with Crippen LogP contribution in [0, 0.1) is 5.92 Å². The number of nitrogens with zero attached hydrogens (tertiary/aromatic N) is 2. The Hall–Kier alpha value is -0.660. The van der Waals surface area contributed by atoms with E-state index < -0.39 is 16.1 Å². The molecule has 2 heterocycles. The number of ether oxygens (including phenoxy) is 1. The number of piperidine rings is 1. The Morgan fingerprint density at radius 2 is 2.06 bits per heavy atom. The van der Waals surface area contributed by atoms with Gasteiger partial charge in [0, 0.05) is 27.2 Å². The van der Waals surface area contributed by atoms with Crippen LogP contribution in [0.3, 0.4) is 0 Å². The maximum Gasteiger partial charge on any atom is 0.251 e. The third-order valence-electron chi connectivity index (χ3n) is 3.70. The highest BCUT2D eigenvalue weighted by atomic mass is 32.2. The third kappa shape index (κ3) is 2.67. The van der Waals surface area contributed by atoms with E-state index in [-0.39, 0.29) is 12.0 Å². The summed E-state index contributed by atoms with van der Waals surface area (Å²) >= 11 is 0. The molecule has 0 aromatic heterocycles. The number of sulfonamides is 1. The van der Waals surface area contributed by atoms with Crippen LogP contribution in [0.2, 0.25) is 0 Å². The number of fused-ring (bicyclic) bond motifs is 1. The fourth-order valence-corrected chi connectivity index (χ4v) is 3.51. The molecule has 1 amide bonds. The zero-order chi connectivity index (χ0) is 13.5. The van der Waals surface area contributed by atoms with E-state index in [1.807, 2.05) is 0 Å². The Balaban J connectivity index is 2.02. The summed E-state index contributed by atoms with van der Waals surface area (Å²) in [4.78, 5) is 13.4. The van der Waals surface area contributed by atoms with Crippen molar-refractivity contribution < 1.29 is 17.9 Å². The lowest BCUT2D eigenvalue weighted by Crippen LogP contribution is -2.45. The second kappa shape index (κ2) is 4.79. The van der Waals surface area contributed by atoms with Crippen molar-refractivity contribution in [1.82, 2.24) is 9.21 Å². The monoisotopic (exact) mass is 276 g/mol. The first-order valence-electron chi connectivity index (χ1n) is 6.11. The number of amides is 1. The zero-order valence-electron chi connectivity index (χ0n) is 11.0. The number of likely N-dealkylation sites (N-methyl/N-ethyl adjacent to an activating group) is 1. The number of hydrogen-bond donors (Lipinski definition) is 0. The van der Waals surface area contributed by atoms with E-state index in [1.165, 1.54) is 15.5 Å². The Morgan fingerprint density at radius 3 is 2.61 bits per heavy atom. The summed E-state index contributed by atoms with van der Waals surface area (Å²) in [5.74, 6) is 0.271. The number of carbonyl (C=O) groups is 1. The van der Waals surface area contributed by atoms with E-state index in [0.29, 0.717) is 25.4 Å². The molecule has 2 fully saturated rings. The fraction of sp³-hybridized carbons (Fsp3) is 0.909. The first-order valence-corrected chi connectivity index (χ1v) is 7.95. The van der Waals surface area contributed by atoms with Crippen LogP contribution >= 0.6 is 0 Å². The maximum atomic E-state index is 11.8. The molecule has 2 aliphatic rings. The molecule has 2 aliphatic heterocycles. The van der Waals surface area contributed by atoms with Crippen LogP contribution in [0.1, 0.15) is 12.8 Å². The molecule has 6 nitrogen and oxygen atoms in total. The van der Waals surface area contributed by atoms with E-state index in [4.69, 9.17) is 4.74 Å². The first-order chi connectivity index (χ1) is 8.29. The summed E-state index contributed by atoms with van der Waals surface area (Å²) in [6.07, 6.45) is 2.15. The molecule has 0 unspecified atom stereocenters. The van der Waals surface area contributed by atoms with Gasteiger partial charge in [0.1, 0.15) is 6.10 Å². The smallest absolute Gasteiger partial charge is 0.251 e. The molecule has 0 N–H and O–H groups in total. The van der Waals surface area contributed by atoms with Crippen LogP contribution in [-0.2, 0) is 19.6 Å². The molecule has 2 saturated heterocycles. The second-order valence-electron chi connectivity index (χ2n) is 5.30. The average Bonchev–Trinajstić information content (AvgIpc) is 2.68. The van der Waals surface area contributed by atoms with Crippen molar-refractivity contribution in [2.24, 2.45) is 5.92 Å². The molecule has 0 radical (unpaired) electrons. The summed E-state index contributed by atoms with van der Waals surface area (Å²) in [6, 6.07) is 0. The van der Waals surface area contributed by atoms with Crippen LogP contribution in [0.4, 0.5) is 0 Å². The Kier molecular flexibility index (Phi) is 3.66. The van der Waals surface area contributed by atoms with Crippen LogP contribution < -0.4 is 0 Å². The molecule has 7 heteroatoms. The first kappa shape index (κ1) is 13.8.